The van der Waals surface area contributed by atoms with Crippen LogP contribution in [0.15, 0.2) is 89.5 Å². The van der Waals surface area contributed by atoms with E-state index in [0.717, 1.165) is 44.6 Å². The lowest BCUT2D eigenvalue weighted by Gasteiger charge is -2.31. The normalized spacial score (nSPS) is 16.0. The quantitative estimate of drug-likeness (QED) is 0.310. The summed E-state index contributed by atoms with van der Waals surface area (Å²) in [7, 11) is 0. The molecule has 0 N–H and O–H groups in total. The second kappa shape index (κ2) is 9.66. The minimum atomic E-state index is -4.37. The van der Waals surface area contributed by atoms with Gasteiger partial charge in [0.05, 0.1) is 5.56 Å². The van der Waals surface area contributed by atoms with Gasteiger partial charge in [-0.15, -0.1) is 0 Å². The fraction of sp³-hybridized carbons (Fsp3) is 0.286. The van der Waals surface area contributed by atoms with Crippen LogP contribution in [0.1, 0.15) is 35.4 Å². The van der Waals surface area contributed by atoms with Crippen molar-refractivity contribution in [2.45, 2.75) is 30.9 Å². The summed E-state index contributed by atoms with van der Waals surface area (Å²) in [6.45, 7) is 2.85. The summed E-state index contributed by atoms with van der Waals surface area (Å²) >= 11 is 0. The van der Waals surface area contributed by atoms with Crippen molar-refractivity contribution in [2.75, 3.05) is 19.6 Å². The molecule has 1 aromatic heterocycles. The molecule has 0 atom stereocenters. The molecule has 0 spiro atoms. The third kappa shape index (κ3) is 5.00. The first kappa shape index (κ1) is 23.3. The van der Waals surface area contributed by atoms with E-state index in [2.05, 4.69) is 75.7 Å². The molecular formula is C28H26F3N3O. The SMILES string of the molecule is FC(F)(F)c1ccc(-c2noc(CCCN3CCC(c4ccccc4)(c4ccccc4)C3)n2)cc1. The minimum Gasteiger partial charge on any atom is -0.339 e. The molecule has 1 aliphatic rings. The predicted octanol–water partition coefficient (Wildman–Crippen LogP) is 6.38. The van der Waals surface area contributed by atoms with E-state index in [1.165, 1.54) is 23.3 Å². The number of hydrogen-bond donors (Lipinski definition) is 0. The van der Waals surface area contributed by atoms with Gasteiger partial charge in [-0.2, -0.15) is 18.2 Å². The molecule has 0 aliphatic carbocycles. The molecule has 1 saturated heterocycles. The van der Waals surface area contributed by atoms with Crippen LogP contribution < -0.4 is 0 Å². The lowest BCUT2D eigenvalue weighted by Crippen LogP contribution is -2.32. The molecule has 0 radical (unpaired) electrons. The monoisotopic (exact) mass is 477 g/mol. The molecule has 0 bridgehead atoms. The first-order valence-corrected chi connectivity index (χ1v) is 11.8. The summed E-state index contributed by atoms with van der Waals surface area (Å²) < 4.78 is 43.7. The molecule has 35 heavy (non-hydrogen) atoms. The van der Waals surface area contributed by atoms with Gasteiger partial charge in [0, 0.05) is 23.9 Å². The number of alkyl halides is 3. The lowest BCUT2D eigenvalue weighted by molar-refractivity contribution is -0.137. The van der Waals surface area contributed by atoms with Crippen molar-refractivity contribution in [1.29, 1.82) is 0 Å². The molecule has 0 saturated carbocycles. The molecule has 0 unspecified atom stereocenters. The van der Waals surface area contributed by atoms with Crippen LogP contribution in [0.5, 0.6) is 0 Å². The average Bonchev–Trinajstić information content (AvgIpc) is 3.53. The van der Waals surface area contributed by atoms with Crippen molar-refractivity contribution < 1.29 is 17.7 Å². The Morgan fingerprint density at radius 1 is 0.857 bits per heavy atom. The van der Waals surface area contributed by atoms with Gasteiger partial charge in [0.1, 0.15) is 0 Å². The second-order valence-electron chi connectivity index (χ2n) is 9.03. The van der Waals surface area contributed by atoms with Crippen LogP contribution >= 0.6 is 0 Å². The third-order valence-electron chi connectivity index (χ3n) is 6.80. The van der Waals surface area contributed by atoms with Gasteiger partial charge in [0.2, 0.25) is 11.7 Å². The number of likely N-dealkylation sites (tertiary alicyclic amines) is 1. The standard InChI is InChI=1S/C28H26F3N3O/c29-28(30,31)24-15-13-21(14-16-24)26-32-25(35-33-26)12-7-18-34-19-17-27(20-34,22-8-3-1-4-9-22)23-10-5-2-6-11-23/h1-6,8-11,13-16H,7,12,17-20H2. The Morgan fingerprint density at radius 3 is 2.09 bits per heavy atom. The highest BCUT2D eigenvalue weighted by molar-refractivity contribution is 5.54. The first-order valence-electron chi connectivity index (χ1n) is 11.8. The Labute approximate surface area is 202 Å². The molecule has 180 valence electrons. The fourth-order valence-electron chi connectivity index (χ4n) is 4.97. The van der Waals surface area contributed by atoms with E-state index in [-0.39, 0.29) is 5.41 Å². The van der Waals surface area contributed by atoms with Gasteiger partial charge >= 0.3 is 6.18 Å². The van der Waals surface area contributed by atoms with Gasteiger partial charge in [-0.1, -0.05) is 78.0 Å². The lowest BCUT2D eigenvalue weighted by atomic mass is 9.74. The average molecular weight is 478 g/mol. The summed E-state index contributed by atoms with van der Waals surface area (Å²) in [5.41, 5.74) is 2.46. The zero-order chi connectivity index (χ0) is 24.3. The summed E-state index contributed by atoms with van der Waals surface area (Å²) in [6, 6.07) is 26.2. The maximum atomic E-state index is 12.8. The largest absolute Gasteiger partial charge is 0.416 e. The van der Waals surface area contributed by atoms with E-state index in [1.807, 2.05) is 0 Å². The zero-order valence-corrected chi connectivity index (χ0v) is 19.2. The number of aromatic nitrogens is 2. The van der Waals surface area contributed by atoms with Crippen LogP contribution in [-0.4, -0.2) is 34.7 Å². The zero-order valence-electron chi connectivity index (χ0n) is 19.2. The van der Waals surface area contributed by atoms with Crippen molar-refractivity contribution in [1.82, 2.24) is 15.0 Å². The number of aryl methyl sites for hydroxylation is 1. The van der Waals surface area contributed by atoms with Crippen LogP contribution in [0, 0.1) is 0 Å². The molecule has 4 aromatic rings. The summed E-state index contributed by atoms with van der Waals surface area (Å²) in [4.78, 5) is 6.86. The van der Waals surface area contributed by atoms with Gasteiger partial charge in [0.15, 0.2) is 0 Å². The van der Waals surface area contributed by atoms with Gasteiger partial charge in [-0.25, -0.2) is 0 Å². The van der Waals surface area contributed by atoms with Crippen molar-refractivity contribution in [3.05, 3.63) is 108 Å². The topological polar surface area (TPSA) is 42.2 Å². The predicted molar refractivity (Wildman–Crippen MR) is 128 cm³/mol. The molecule has 5 rings (SSSR count). The van der Waals surface area contributed by atoms with E-state index in [0.29, 0.717) is 23.7 Å². The highest BCUT2D eigenvalue weighted by Crippen LogP contribution is 2.40. The van der Waals surface area contributed by atoms with Crippen LogP contribution in [-0.2, 0) is 18.0 Å². The molecule has 1 aliphatic heterocycles. The maximum absolute atomic E-state index is 12.8. The van der Waals surface area contributed by atoms with Gasteiger partial charge in [-0.3, -0.25) is 0 Å². The first-order chi connectivity index (χ1) is 16.9. The van der Waals surface area contributed by atoms with Gasteiger partial charge in [0.25, 0.3) is 0 Å². The molecule has 1 fully saturated rings. The number of benzene rings is 3. The van der Waals surface area contributed by atoms with Crippen molar-refractivity contribution in [3.63, 3.8) is 0 Å². The number of hydrogen-bond acceptors (Lipinski definition) is 4. The molecule has 0 amide bonds. The number of halogens is 3. The third-order valence-corrected chi connectivity index (χ3v) is 6.80. The summed E-state index contributed by atoms with van der Waals surface area (Å²) in [5.74, 6) is 0.804. The van der Waals surface area contributed by atoms with Gasteiger partial charge < -0.3 is 9.42 Å². The number of nitrogens with zero attached hydrogens (tertiary/aromatic N) is 3. The second-order valence-corrected chi connectivity index (χ2v) is 9.03. The van der Waals surface area contributed by atoms with E-state index in [9.17, 15) is 13.2 Å². The molecular weight excluding hydrogens is 451 g/mol. The Bertz CT molecular complexity index is 1200. The Balaban J connectivity index is 1.21. The number of rotatable bonds is 7. The van der Waals surface area contributed by atoms with Crippen molar-refractivity contribution >= 4 is 0 Å². The Morgan fingerprint density at radius 2 is 1.49 bits per heavy atom. The van der Waals surface area contributed by atoms with Crippen LogP contribution in [0.4, 0.5) is 13.2 Å². The highest BCUT2D eigenvalue weighted by atomic mass is 19.4. The minimum absolute atomic E-state index is 0.0250. The van der Waals surface area contributed by atoms with E-state index < -0.39 is 11.7 Å². The summed E-state index contributed by atoms with van der Waals surface area (Å²) in [5, 5.41) is 3.95. The molecule has 3 aromatic carbocycles. The molecule has 4 nitrogen and oxygen atoms in total. The Kier molecular flexibility index (Phi) is 6.43. The van der Waals surface area contributed by atoms with E-state index in [4.69, 9.17) is 4.52 Å². The fourth-order valence-corrected chi connectivity index (χ4v) is 4.97. The van der Waals surface area contributed by atoms with Crippen molar-refractivity contribution in [2.24, 2.45) is 0 Å². The maximum Gasteiger partial charge on any atom is 0.416 e. The van der Waals surface area contributed by atoms with Gasteiger partial charge in [-0.05, 0) is 49.2 Å². The highest BCUT2D eigenvalue weighted by Gasteiger charge is 2.40. The molecule has 2 heterocycles. The van der Waals surface area contributed by atoms with E-state index in [1.54, 1.807) is 0 Å². The summed E-state index contributed by atoms with van der Waals surface area (Å²) in [6.07, 6.45) is -1.84. The van der Waals surface area contributed by atoms with Crippen molar-refractivity contribution in [3.8, 4) is 11.4 Å². The smallest absolute Gasteiger partial charge is 0.339 e. The van der Waals surface area contributed by atoms with Crippen LogP contribution in [0.3, 0.4) is 0 Å². The van der Waals surface area contributed by atoms with Crippen LogP contribution in [0.25, 0.3) is 11.4 Å². The molecule has 7 heteroatoms. The van der Waals surface area contributed by atoms with Crippen LogP contribution in [0.2, 0.25) is 0 Å². The van der Waals surface area contributed by atoms with E-state index >= 15 is 0 Å². The Hall–Kier alpha value is -3.45.